The zero-order valence-electron chi connectivity index (χ0n) is 7.50. The zero-order chi connectivity index (χ0) is 9.14. The number of pyridine rings is 1. The summed E-state index contributed by atoms with van der Waals surface area (Å²) in [5.74, 6) is 0. The number of hydrogen-bond acceptors (Lipinski definition) is 1. The van der Waals surface area contributed by atoms with Gasteiger partial charge in [0.25, 0.3) is 5.56 Å². The van der Waals surface area contributed by atoms with Crippen LogP contribution in [0.15, 0.2) is 35.3 Å². The molecule has 0 aromatic carbocycles. The molecule has 2 nitrogen and oxygen atoms in total. The highest BCUT2D eigenvalue weighted by Gasteiger charge is 1.96. The molecule has 1 aromatic heterocycles. The van der Waals surface area contributed by atoms with Crippen LogP contribution in [0.4, 0.5) is 0 Å². The Labute approximate surface area is 72.2 Å². The quantitative estimate of drug-likeness (QED) is 0.608. The molecule has 0 atom stereocenters. The molecule has 12 heavy (non-hydrogen) atoms. The van der Waals surface area contributed by atoms with Crippen LogP contribution in [0.5, 0.6) is 0 Å². The van der Waals surface area contributed by atoms with E-state index in [1.165, 1.54) is 0 Å². The molecule has 1 heterocycles. The van der Waals surface area contributed by atoms with E-state index in [1.54, 1.807) is 10.8 Å². The first-order valence-corrected chi connectivity index (χ1v) is 3.91. The van der Waals surface area contributed by atoms with Gasteiger partial charge in [-0.25, -0.2) is 0 Å². The van der Waals surface area contributed by atoms with Gasteiger partial charge in [0, 0.05) is 18.3 Å². The number of hydrogen-bond donors (Lipinski definition) is 0. The van der Waals surface area contributed by atoms with Crippen LogP contribution in [0.3, 0.4) is 0 Å². The van der Waals surface area contributed by atoms with Crippen molar-refractivity contribution in [1.29, 1.82) is 0 Å². The van der Waals surface area contributed by atoms with E-state index in [1.807, 2.05) is 26.0 Å². The van der Waals surface area contributed by atoms with Gasteiger partial charge in [0.05, 0.1) is 0 Å². The normalized spacial score (nSPS) is 9.83. The Kier molecular flexibility index (Phi) is 2.48. The molecule has 0 unspecified atom stereocenters. The molecule has 0 aliphatic heterocycles. The lowest BCUT2D eigenvalue weighted by Crippen LogP contribution is -2.21. The molecule has 1 aromatic rings. The second-order valence-electron chi connectivity index (χ2n) is 3.08. The lowest BCUT2D eigenvalue weighted by molar-refractivity contribution is 0.742. The number of nitrogens with zero attached hydrogens (tertiary/aromatic N) is 1. The molecule has 2 heteroatoms. The summed E-state index contributed by atoms with van der Waals surface area (Å²) in [5, 5.41) is 0. The maximum Gasteiger partial charge on any atom is 0.253 e. The van der Waals surface area contributed by atoms with Crippen molar-refractivity contribution in [2.45, 2.75) is 20.4 Å². The molecule has 0 bridgehead atoms. The Morgan fingerprint density at radius 3 is 2.92 bits per heavy atom. The third-order valence-corrected chi connectivity index (χ3v) is 1.65. The topological polar surface area (TPSA) is 22.0 Å². The van der Waals surface area contributed by atoms with E-state index in [4.69, 9.17) is 0 Å². The van der Waals surface area contributed by atoms with E-state index < -0.39 is 0 Å². The molecule has 0 spiro atoms. The van der Waals surface area contributed by atoms with Crippen molar-refractivity contribution in [2.24, 2.45) is 0 Å². The van der Waals surface area contributed by atoms with Crippen LogP contribution in [0.25, 0.3) is 0 Å². The standard InChI is InChI=1S/C10H13NO/c1-8(2)7-11-6-4-5-9(3)10(11)12/h4-6H,1,7H2,2-3H3. The number of aryl methyl sites for hydroxylation is 1. The minimum absolute atomic E-state index is 0.0699. The summed E-state index contributed by atoms with van der Waals surface area (Å²) in [6.07, 6.45) is 1.78. The molecule has 0 saturated heterocycles. The molecule has 0 saturated carbocycles. The molecule has 0 amide bonds. The molecule has 0 fully saturated rings. The van der Waals surface area contributed by atoms with Gasteiger partial charge in [-0.05, 0) is 19.9 Å². The van der Waals surface area contributed by atoms with Crippen LogP contribution in [0, 0.1) is 6.92 Å². The molecule has 64 valence electrons. The van der Waals surface area contributed by atoms with Gasteiger partial charge in [-0.3, -0.25) is 4.79 Å². The maximum absolute atomic E-state index is 11.4. The Balaban J connectivity index is 3.09. The van der Waals surface area contributed by atoms with Gasteiger partial charge in [0.1, 0.15) is 0 Å². The zero-order valence-corrected chi connectivity index (χ0v) is 7.50. The summed E-state index contributed by atoms with van der Waals surface area (Å²) in [6, 6.07) is 3.69. The van der Waals surface area contributed by atoms with Crippen LogP contribution in [0.2, 0.25) is 0 Å². The average molecular weight is 163 g/mol. The van der Waals surface area contributed by atoms with Gasteiger partial charge in [-0.1, -0.05) is 18.2 Å². The first-order valence-electron chi connectivity index (χ1n) is 3.91. The average Bonchev–Trinajstić information content (AvgIpc) is 1.98. The minimum atomic E-state index is 0.0699. The molecule has 0 aliphatic carbocycles. The fourth-order valence-electron chi connectivity index (χ4n) is 1.07. The summed E-state index contributed by atoms with van der Waals surface area (Å²) in [6.45, 7) is 8.10. The number of allylic oxidation sites excluding steroid dienone is 1. The van der Waals surface area contributed by atoms with E-state index in [0.717, 1.165) is 11.1 Å². The molecular formula is C10H13NO. The van der Waals surface area contributed by atoms with Crippen molar-refractivity contribution >= 4 is 0 Å². The van der Waals surface area contributed by atoms with Crippen molar-refractivity contribution in [2.75, 3.05) is 0 Å². The van der Waals surface area contributed by atoms with Crippen molar-refractivity contribution in [3.8, 4) is 0 Å². The van der Waals surface area contributed by atoms with Crippen LogP contribution in [-0.4, -0.2) is 4.57 Å². The third kappa shape index (κ3) is 1.84. The van der Waals surface area contributed by atoms with Gasteiger partial charge in [-0.2, -0.15) is 0 Å². The highest BCUT2D eigenvalue weighted by Crippen LogP contribution is 1.94. The molecule has 0 N–H and O–H groups in total. The SMILES string of the molecule is C=C(C)Cn1cccc(C)c1=O. The van der Waals surface area contributed by atoms with E-state index in [0.29, 0.717) is 6.54 Å². The Hall–Kier alpha value is -1.31. The first kappa shape index (κ1) is 8.78. The second kappa shape index (κ2) is 3.39. The van der Waals surface area contributed by atoms with E-state index in [9.17, 15) is 4.79 Å². The van der Waals surface area contributed by atoms with Crippen LogP contribution < -0.4 is 5.56 Å². The Morgan fingerprint density at radius 1 is 1.67 bits per heavy atom. The summed E-state index contributed by atoms with van der Waals surface area (Å²) in [7, 11) is 0. The lowest BCUT2D eigenvalue weighted by Gasteiger charge is -2.04. The minimum Gasteiger partial charge on any atom is -0.311 e. The van der Waals surface area contributed by atoms with Crippen molar-refractivity contribution in [1.82, 2.24) is 4.57 Å². The summed E-state index contributed by atoms with van der Waals surface area (Å²) in [4.78, 5) is 11.4. The number of aromatic nitrogens is 1. The smallest absolute Gasteiger partial charge is 0.253 e. The summed E-state index contributed by atoms with van der Waals surface area (Å²) in [5.41, 5.74) is 1.84. The molecule has 0 aliphatic rings. The van der Waals surface area contributed by atoms with Crippen molar-refractivity contribution in [3.05, 3.63) is 46.4 Å². The van der Waals surface area contributed by atoms with Gasteiger partial charge < -0.3 is 4.57 Å². The van der Waals surface area contributed by atoms with Crippen LogP contribution >= 0.6 is 0 Å². The molecule has 0 radical (unpaired) electrons. The van der Waals surface area contributed by atoms with Gasteiger partial charge in [0.15, 0.2) is 0 Å². The predicted molar refractivity (Wildman–Crippen MR) is 50.3 cm³/mol. The van der Waals surface area contributed by atoms with Gasteiger partial charge >= 0.3 is 0 Å². The second-order valence-corrected chi connectivity index (χ2v) is 3.08. The van der Waals surface area contributed by atoms with Crippen molar-refractivity contribution < 1.29 is 0 Å². The van der Waals surface area contributed by atoms with Crippen LogP contribution in [-0.2, 0) is 6.54 Å². The first-order chi connectivity index (χ1) is 5.61. The number of rotatable bonds is 2. The monoisotopic (exact) mass is 163 g/mol. The van der Waals surface area contributed by atoms with Crippen molar-refractivity contribution in [3.63, 3.8) is 0 Å². The largest absolute Gasteiger partial charge is 0.311 e. The fraction of sp³-hybridized carbons (Fsp3) is 0.300. The Morgan fingerprint density at radius 2 is 2.33 bits per heavy atom. The van der Waals surface area contributed by atoms with E-state index >= 15 is 0 Å². The summed E-state index contributed by atoms with van der Waals surface area (Å²) >= 11 is 0. The third-order valence-electron chi connectivity index (χ3n) is 1.65. The Bertz CT molecular complexity index is 349. The van der Waals surface area contributed by atoms with Crippen LogP contribution in [0.1, 0.15) is 12.5 Å². The van der Waals surface area contributed by atoms with E-state index in [-0.39, 0.29) is 5.56 Å². The lowest BCUT2D eigenvalue weighted by atomic mass is 10.3. The highest BCUT2D eigenvalue weighted by molar-refractivity contribution is 5.08. The predicted octanol–water partition coefficient (Wildman–Crippen LogP) is 1.73. The van der Waals surface area contributed by atoms with E-state index in [2.05, 4.69) is 6.58 Å². The maximum atomic E-state index is 11.4. The fourth-order valence-corrected chi connectivity index (χ4v) is 1.07. The highest BCUT2D eigenvalue weighted by atomic mass is 16.1. The van der Waals surface area contributed by atoms with Gasteiger partial charge in [-0.15, -0.1) is 0 Å². The molecule has 1 rings (SSSR count). The molecular weight excluding hydrogens is 150 g/mol. The summed E-state index contributed by atoms with van der Waals surface area (Å²) < 4.78 is 1.66. The van der Waals surface area contributed by atoms with Gasteiger partial charge in [0.2, 0.25) is 0 Å².